The van der Waals surface area contributed by atoms with Crippen molar-refractivity contribution in [3.05, 3.63) is 42.2 Å². The van der Waals surface area contributed by atoms with Gasteiger partial charge in [0, 0.05) is 6.54 Å². The molecule has 1 saturated heterocycles. The van der Waals surface area contributed by atoms with E-state index in [-0.39, 0.29) is 10.9 Å². The molecular formula is C15H19N3O3S. The first-order valence-corrected chi connectivity index (χ1v) is 8.72. The molecule has 1 N–H and O–H groups in total. The number of aromatic nitrogens is 2. The smallest absolute Gasteiger partial charge is 0.246 e. The number of hydrogen-bond donors (Lipinski definition) is 1. The van der Waals surface area contributed by atoms with Crippen molar-refractivity contribution in [3.8, 4) is 5.75 Å². The molecule has 0 saturated carbocycles. The first kappa shape index (κ1) is 15.1. The van der Waals surface area contributed by atoms with Crippen LogP contribution in [0.2, 0.25) is 0 Å². The molecule has 3 rings (SSSR count). The third kappa shape index (κ3) is 2.86. The van der Waals surface area contributed by atoms with Gasteiger partial charge in [0.15, 0.2) is 0 Å². The van der Waals surface area contributed by atoms with Crippen LogP contribution in [0.15, 0.2) is 41.4 Å². The van der Waals surface area contributed by atoms with Crippen molar-refractivity contribution < 1.29 is 13.2 Å². The minimum Gasteiger partial charge on any atom is -0.492 e. The molecule has 2 aromatic rings. The van der Waals surface area contributed by atoms with E-state index in [0.717, 1.165) is 18.6 Å². The van der Waals surface area contributed by atoms with E-state index in [1.807, 2.05) is 30.3 Å². The summed E-state index contributed by atoms with van der Waals surface area (Å²) in [7, 11) is -3.52. The molecule has 0 spiro atoms. The average Bonchev–Trinajstić information content (AvgIpc) is 3.15. The largest absolute Gasteiger partial charge is 0.492 e. The number of H-pyrrole nitrogens is 1. The second-order valence-electron chi connectivity index (χ2n) is 5.40. The van der Waals surface area contributed by atoms with E-state index in [9.17, 15) is 8.42 Å². The zero-order valence-electron chi connectivity index (χ0n) is 12.4. The van der Waals surface area contributed by atoms with Crippen LogP contribution in [0.1, 0.15) is 18.5 Å². The van der Waals surface area contributed by atoms with E-state index in [1.54, 1.807) is 6.92 Å². The predicted molar refractivity (Wildman–Crippen MR) is 82.2 cm³/mol. The Kier molecular flexibility index (Phi) is 4.17. The maximum absolute atomic E-state index is 12.7. The third-order valence-corrected chi connectivity index (χ3v) is 5.94. The Labute approximate surface area is 130 Å². The van der Waals surface area contributed by atoms with Crippen LogP contribution in [0.3, 0.4) is 0 Å². The first-order chi connectivity index (χ1) is 10.6. The molecular weight excluding hydrogens is 302 g/mol. The average molecular weight is 321 g/mol. The molecule has 1 atom stereocenters. The molecule has 118 valence electrons. The van der Waals surface area contributed by atoms with Crippen molar-refractivity contribution >= 4 is 10.0 Å². The first-order valence-electron chi connectivity index (χ1n) is 7.28. The van der Waals surface area contributed by atoms with Crippen molar-refractivity contribution in [3.63, 3.8) is 0 Å². The van der Waals surface area contributed by atoms with E-state index in [1.165, 1.54) is 10.5 Å². The molecule has 1 aliphatic rings. The van der Waals surface area contributed by atoms with Crippen molar-refractivity contribution in [2.24, 2.45) is 0 Å². The highest BCUT2D eigenvalue weighted by atomic mass is 32.2. The summed E-state index contributed by atoms with van der Waals surface area (Å²) >= 11 is 0. The lowest BCUT2D eigenvalue weighted by molar-refractivity contribution is 0.232. The summed E-state index contributed by atoms with van der Waals surface area (Å²) in [6, 6.07) is 9.31. The summed E-state index contributed by atoms with van der Waals surface area (Å²) in [5, 5.41) is 6.50. The number of ether oxygens (including phenoxy) is 1. The number of rotatable bonds is 5. The van der Waals surface area contributed by atoms with Crippen LogP contribution < -0.4 is 4.74 Å². The molecule has 1 aromatic carbocycles. The van der Waals surface area contributed by atoms with Gasteiger partial charge in [0.25, 0.3) is 0 Å². The van der Waals surface area contributed by atoms with Gasteiger partial charge in [-0.05, 0) is 31.9 Å². The molecule has 22 heavy (non-hydrogen) atoms. The Hall–Kier alpha value is -1.86. The Morgan fingerprint density at radius 3 is 2.82 bits per heavy atom. The zero-order valence-corrected chi connectivity index (χ0v) is 13.2. The number of sulfonamides is 1. The number of para-hydroxylation sites is 1. The minimum atomic E-state index is -3.52. The van der Waals surface area contributed by atoms with Gasteiger partial charge in [-0.15, -0.1) is 0 Å². The Balaban J connectivity index is 1.74. The van der Waals surface area contributed by atoms with Crippen LogP contribution >= 0.6 is 0 Å². The van der Waals surface area contributed by atoms with Crippen LogP contribution in [-0.2, 0) is 10.0 Å². The van der Waals surface area contributed by atoms with E-state index in [2.05, 4.69) is 10.2 Å². The zero-order chi connectivity index (χ0) is 15.6. The summed E-state index contributed by atoms with van der Waals surface area (Å²) in [6.07, 6.45) is 3.03. The number of nitrogens with one attached hydrogen (secondary N) is 1. The van der Waals surface area contributed by atoms with Crippen molar-refractivity contribution in [1.82, 2.24) is 14.5 Å². The maximum atomic E-state index is 12.7. The predicted octanol–water partition coefficient (Wildman–Crippen LogP) is 1.95. The topological polar surface area (TPSA) is 75.3 Å². The summed E-state index contributed by atoms with van der Waals surface area (Å²) in [5.41, 5.74) is 0.564. The molecule has 0 bridgehead atoms. The second-order valence-corrected chi connectivity index (χ2v) is 7.25. The Morgan fingerprint density at radius 1 is 1.36 bits per heavy atom. The quantitative estimate of drug-likeness (QED) is 0.913. The number of aromatic amines is 1. The van der Waals surface area contributed by atoms with Crippen LogP contribution in [0, 0.1) is 6.92 Å². The molecule has 7 heteroatoms. The number of hydrogen-bond acceptors (Lipinski definition) is 4. The highest BCUT2D eigenvalue weighted by Gasteiger charge is 2.37. The molecule has 1 fully saturated rings. The lowest BCUT2D eigenvalue weighted by atomic mass is 10.2. The second kappa shape index (κ2) is 6.10. The molecule has 1 unspecified atom stereocenters. The monoisotopic (exact) mass is 321 g/mol. The standard InChI is InChI=1S/C15H19N3O3S/c1-12-15(10-16-17-12)22(19,20)18-9-5-6-13(18)11-21-14-7-3-2-4-8-14/h2-4,7-8,10,13H,5-6,9,11H2,1H3,(H,16,17). The van der Waals surface area contributed by atoms with Gasteiger partial charge in [0.1, 0.15) is 17.3 Å². The van der Waals surface area contributed by atoms with Gasteiger partial charge in [-0.1, -0.05) is 18.2 Å². The van der Waals surface area contributed by atoms with Gasteiger partial charge in [-0.25, -0.2) is 8.42 Å². The van der Waals surface area contributed by atoms with Gasteiger partial charge < -0.3 is 4.74 Å². The summed E-state index contributed by atoms with van der Waals surface area (Å²) in [5.74, 6) is 0.756. The van der Waals surface area contributed by atoms with Crippen molar-refractivity contribution in [2.45, 2.75) is 30.7 Å². The molecule has 1 aliphatic heterocycles. The van der Waals surface area contributed by atoms with Gasteiger partial charge in [-0.2, -0.15) is 9.40 Å². The number of nitrogens with zero attached hydrogens (tertiary/aromatic N) is 2. The van der Waals surface area contributed by atoms with E-state index in [0.29, 0.717) is 18.8 Å². The minimum absolute atomic E-state index is 0.139. The van der Waals surface area contributed by atoms with Crippen LogP contribution in [0.4, 0.5) is 0 Å². The van der Waals surface area contributed by atoms with Crippen LogP contribution in [-0.4, -0.2) is 42.1 Å². The van der Waals surface area contributed by atoms with E-state index in [4.69, 9.17) is 4.74 Å². The van der Waals surface area contributed by atoms with Crippen LogP contribution in [0.5, 0.6) is 5.75 Å². The van der Waals surface area contributed by atoms with E-state index >= 15 is 0 Å². The van der Waals surface area contributed by atoms with Gasteiger partial charge in [0.2, 0.25) is 10.0 Å². The fourth-order valence-corrected chi connectivity index (χ4v) is 4.53. The van der Waals surface area contributed by atoms with Gasteiger partial charge in [-0.3, -0.25) is 5.10 Å². The SMILES string of the molecule is Cc1[nH]ncc1S(=O)(=O)N1CCCC1COc1ccccc1. The highest BCUT2D eigenvalue weighted by molar-refractivity contribution is 7.89. The molecule has 0 amide bonds. The highest BCUT2D eigenvalue weighted by Crippen LogP contribution is 2.27. The van der Waals surface area contributed by atoms with Crippen molar-refractivity contribution in [2.75, 3.05) is 13.2 Å². The fraction of sp³-hybridized carbons (Fsp3) is 0.400. The molecule has 0 radical (unpaired) electrons. The molecule has 1 aromatic heterocycles. The third-order valence-electron chi connectivity index (χ3n) is 3.88. The Bertz CT molecular complexity index is 728. The lowest BCUT2D eigenvalue weighted by Gasteiger charge is -2.23. The fourth-order valence-electron chi connectivity index (χ4n) is 2.73. The number of benzene rings is 1. The van der Waals surface area contributed by atoms with Crippen molar-refractivity contribution in [1.29, 1.82) is 0 Å². The summed E-state index contributed by atoms with van der Waals surface area (Å²) in [4.78, 5) is 0.249. The summed E-state index contributed by atoms with van der Waals surface area (Å²) < 4.78 is 32.8. The van der Waals surface area contributed by atoms with E-state index < -0.39 is 10.0 Å². The molecule has 0 aliphatic carbocycles. The van der Waals surface area contributed by atoms with Gasteiger partial charge in [0.05, 0.1) is 17.9 Å². The summed E-state index contributed by atoms with van der Waals surface area (Å²) in [6.45, 7) is 2.60. The normalized spacial score (nSPS) is 19.4. The number of aryl methyl sites for hydroxylation is 1. The van der Waals surface area contributed by atoms with Crippen LogP contribution in [0.25, 0.3) is 0 Å². The molecule has 2 heterocycles. The van der Waals surface area contributed by atoms with Gasteiger partial charge >= 0.3 is 0 Å². The lowest BCUT2D eigenvalue weighted by Crippen LogP contribution is -2.39. The molecule has 6 nitrogen and oxygen atoms in total. The Morgan fingerprint density at radius 2 is 2.14 bits per heavy atom. The maximum Gasteiger partial charge on any atom is 0.246 e.